The summed E-state index contributed by atoms with van der Waals surface area (Å²) in [7, 11) is 0. The van der Waals surface area contributed by atoms with E-state index in [-0.39, 0.29) is 0 Å². The zero-order chi connectivity index (χ0) is 41.9. The minimum Gasteiger partial charge on any atom is -0.310 e. The van der Waals surface area contributed by atoms with Gasteiger partial charge in [-0.2, -0.15) is 0 Å². The number of fused-ring (bicyclic) bond motifs is 16. The van der Waals surface area contributed by atoms with E-state index >= 15 is 0 Å². The minimum absolute atomic E-state index is 0.434. The normalized spacial score (nSPS) is 13.1. The standard InChI is InChI=1S/C61H38N2S/c1-2-15-39(16-3-1)40-29-31-41(32-30-40)62(42-33-35-47-46-19-6-11-25-54(46)61(55(47)37-42)52-23-9-4-17-44(52)45-18-5-10-24-53(45)61)43-34-36-50-51-22-14-28-58(60(51)64-59(50)38-43)63-56-26-12-7-20-48(56)49-21-8-13-27-57(49)63/h1-38H. The maximum absolute atomic E-state index is 2.49. The molecule has 2 aliphatic rings. The lowest BCUT2D eigenvalue weighted by atomic mass is 9.70. The molecule has 0 saturated carbocycles. The maximum Gasteiger partial charge on any atom is 0.0726 e. The lowest BCUT2D eigenvalue weighted by Crippen LogP contribution is -2.26. The molecule has 2 heterocycles. The van der Waals surface area contributed by atoms with E-state index in [9.17, 15) is 0 Å². The number of anilines is 3. The molecule has 64 heavy (non-hydrogen) atoms. The van der Waals surface area contributed by atoms with Gasteiger partial charge in [-0.25, -0.2) is 0 Å². The first-order valence-electron chi connectivity index (χ1n) is 22.1. The summed E-state index contributed by atoms with van der Waals surface area (Å²) in [4.78, 5) is 2.47. The van der Waals surface area contributed by atoms with Gasteiger partial charge in [0.25, 0.3) is 0 Å². The molecule has 0 amide bonds. The van der Waals surface area contributed by atoms with Gasteiger partial charge in [-0.05, 0) is 110 Å². The Labute approximate surface area is 375 Å². The zero-order valence-electron chi connectivity index (χ0n) is 34.7. The summed E-state index contributed by atoms with van der Waals surface area (Å²) in [5.41, 5.74) is 19.6. The quantitative estimate of drug-likeness (QED) is 0.168. The van der Waals surface area contributed by atoms with Crippen molar-refractivity contribution in [2.24, 2.45) is 0 Å². The second-order valence-electron chi connectivity index (χ2n) is 17.2. The van der Waals surface area contributed by atoms with Gasteiger partial charge in [-0.1, -0.05) is 176 Å². The Hall–Kier alpha value is -7.98. The summed E-state index contributed by atoms with van der Waals surface area (Å²) in [6.45, 7) is 0. The number of nitrogens with zero attached hydrogens (tertiary/aromatic N) is 2. The highest BCUT2D eigenvalue weighted by molar-refractivity contribution is 7.26. The lowest BCUT2D eigenvalue weighted by molar-refractivity contribution is 0.793. The van der Waals surface area contributed by atoms with Crippen LogP contribution in [0.3, 0.4) is 0 Å². The first-order chi connectivity index (χ1) is 31.8. The average Bonchev–Trinajstić information content (AvgIpc) is 4.08. The van der Waals surface area contributed by atoms with Crippen LogP contribution >= 0.6 is 11.3 Å². The Bertz CT molecular complexity index is 3740. The predicted octanol–water partition coefficient (Wildman–Crippen LogP) is 16.6. The first kappa shape index (κ1) is 35.6. The third-order valence-electron chi connectivity index (χ3n) is 14.0. The Balaban J connectivity index is 0.990. The fourth-order valence-electron chi connectivity index (χ4n) is 11.4. The van der Waals surface area contributed by atoms with Gasteiger partial charge in [0.2, 0.25) is 0 Å². The minimum atomic E-state index is -0.434. The van der Waals surface area contributed by atoms with Crippen molar-refractivity contribution in [2.45, 2.75) is 5.41 Å². The van der Waals surface area contributed by atoms with Gasteiger partial charge in [0.1, 0.15) is 0 Å². The van der Waals surface area contributed by atoms with Crippen LogP contribution in [0.25, 0.3) is 81.0 Å². The van der Waals surface area contributed by atoms with Crippen molar-refractivity contribution in [3.05, 3.63) is 253 Å². The highest BCUT2D eigenvalue weighted by Gasteiger charge is 2.51. The SMILES string of the molecule is c1ccc(-c2ccc(N(c3ccc4c(c3)C3(c5ccccc5-c5ccccc53)c3ccccc3-4)c3ccc4c(c3)sc3c(-n5c6ccccc6c6ccccc65)cccc34)cc2)cc1. The summed E-state index contributed by atoms with van der Waals surface area (Å²) in [6.07, 6.45) is 0. The largest absolute Gasteiger partial charge is 0.310 e. The number of hydrogen-bond donors (Lipinski definition) is 0. The molecule has 10 aromatic carbocycles. The molecule has 0 aliphatic heterocycles. The number of aromatic nitrogens is 1. The highest BCUT2D eigenvalue weighted by atomic mass is 32.1. The Morgan fingerprint density at radius 2 is 0.844 bits per heavy atom. The van der Waals surface area contributed by atoms with Gasteiger partial charge in [-0.15, -0.1) is 11.3 Å². The number of thiophene rings is 1. The smallest absolute Gasteiger partial charge is 0.0726 e. The summed E-state index contributed by atoms with van der Waals surface area (Å²) >= 11 is 1.89. The van der Waals surface area contributed by atoms with Crippen LogP contribution in [0, 0.1) is 0 Å². The van der Waals surface area contributed by atoms with Gasteiger partial charge < -0.3 is 9.47 Å². The average molecular weight is 831 g/mol. The van der Waals surface area contributed by atoms with Crippen molar-refractivity contribution in [3.8, 4) is 39.1 Å². The fraction of sp³-hybridized carbons (Fsp3) is 0.0164. The molecular formula is C61H38N2S. The fourth-order valence-corrected chi connectivity index (χ4v) is 12.6. The van der Waals surface area contributed by atoms with Crippen molar-refractivity contribution in [2.75, 3.05) is 4.90 Å². The van der Waals surface area contributed by atoms with E-state index in [1.54, 1.807) is 0 Å². The van der Waals surface area contributed by atoms with E-state index < -0.39 is 5.41 Å². The van der Waals surface area contributed by atoms with Crippen molar-refractivity contribution >= 4 is 70.4 Å². The van der Waals surface area contributed by atoms with Crippen LogP contribution in [0.4, 0.5) is 17.1 Å². The van der Waals surface area contributed by atoms with Crippen LogP contribution in [-0.4, -0.2) is 4.57 Å². The predicted molar refractivity (Wildman–Crippen MR) is 270 cm³/mol. The highest BCUT2D eigenvalue weighted by Crippen LogP contribution is 2.63. The molecule has 2 nitrogen and oxygen atoms in total. The third kappa shape index (κ3) is 4.85. The molecule has 0 fully saturated rings. The molecule has 1 spiro atoms. The van der Waals surface area contributed by atoms with Crippen molar-refractivity contribution in [1.29, 1.82) is 0 Å². The van der Waals surface area contributed by atoms with Crippen LogP contribution in [0.1, 0.15) is 22.3 Å². The number of benzene rings is 10. The van der Waals surface area contributed by atoms with Crippen LogP contribution in [0.5, 0.6) is 0 Å². The van der Waals surface area contributed by atoms with Crippen LogP contribution < -0.4 is 4.90 Å². The Kier molecular flexibility index (Phi) is 7.51. The maximum atomic E-state index is 2.49. The van der Waals surface area contributed by atoms with Crippen molar-refractivity contribution < 1.29 is 0 Å². The summed E-state index contributed by atoms with van der Waals surface area (Å²) < 4.78 is 5.01. The summed E-state index contributed by atoms with van der Waals surface area (Å²) in [5.74, 6) is 0. The van der Waals surface area contributed by atoms with E-state index in [2.05, 4.69) is 240 Å². The second-order valence-corrected chi connectivity index (χ2v) is 18.2. The van der Waals surface area contributed by atoms with E-state index in [4.69, 9.17) is 0 Å². The molecular weight excluding hydrogens is 793 g/mol. The Morgan fingerprint density at radius 3 is 1.50 bits per heavy atom. The topological polar surface area (TPSA) is 8.17 Å². The molecule has 0 unspecified atom stereocenters. The van der Waals surface area contributed by atoms with E-state index in [0.717, 1.165) is 17.1 Å². The zero-order valence-corrected chi connectivity index (χ0v) is 35.6. The van der Waals surface area contributed by atoms with E-state index in [0.29, 0.717) is 0 Å². The molecule has 0 N–H and O–H groups in total. The van der Waals surface area contributed by atoms with Gasteiger partial charge in [0.05, 0.1) is 26.8 Å². The molecule has 0 atom stereocenters. The van der Waals surface area contributed by atoms with Gasteiger partial charge in [0, 0.05) is 43.3 Å². The van der Waals surface area contributed by atoms with Crippen LogP contribution in [0.2, 0.25) is 0 Å². The van der Waals surface area contributed by atoms with E-state index in [1.165, 1.54) is 103 Å². The third-order valence-corrected chi connectivity index (χ3v) is 15.2. The molecule has 12 aromatic rings. The van der Waals surface area contributed by atoms with Crippen LogP contribution in [-0.2, 0) is 5.41 Å². The molecule has 2 aromatic heterocycles. The molecule has 0 saturated heterocycles. The Morgan fingerprint density at radius 1 is 0.344 bits per heavy atom. The second kappa shape index (κ2) is 13.5. The van der Waals surface area contributed by atoms with Gasteiger partial charge in [0.15, 0.2) is 0 Å². The number of rotatable bonds is 5. The molecule has 2 aliphatic carbocycles. The summed E-state index contributed by atoms with van der Waals surface area (Å²) in [5, 5.41) is 5.10. The van der Waals surface area contributed by atoms with E-state index in [1.807, 2.05) is 11.3 Å². The van der Waals surface area contributed by atoms with Crippen molar-refractivity contribution in [3.63, 3.8) is 0 Å². The number of hydrogen-bond acceptors (Lipinski definition) is 2. The molecule has 298 valence electrons. The molecule has 0 radical (unpaired) electrons. The number of para-hydroxylation sites is 2. The van der Waals surface area contributed by atoms with Gasteiger partial charge in [-0.3, -0.25) is 0 Å². The van der Waals surface area contributed by atoms with Crippen LogP contribution in [0.15, 0.2) is 231 Å². The molecule has 0 bridgehead atoms. The lowest BCUT2D eigenvalue weighted by Gasteiger charge is -2.32. The monoisotopic (exact) mass is 830 g/mol. The molecule has 3 heteroatoms. The van der Waals surface area contributed by atoms with Gasteiger partial charge >= 0.3 is 0 Å². The molecule has 14 rings (SSSR count). The summed E-state index contributed by atoms with van der Waals surface area (Å²) in [6, 6.07) is 85.7. The van der Waals surface area contributed by atoms with Crippen molar-refractivity contribution in [1.82, 2.24) is 4.57 Å². The first-order valence-corrected chi connectivity index (χ1v) is 22.9.